The Morgan fingerprint density at radius 1 is 1.71 bits per heavy atom. The molecule has 1 saturated heterocycles. The Morgan fingerprint density at radius 3 is 2.86 bits per heavy atom. The highest BCUT2D eigenvalue weighted by Gasteiger charge is 2.32. The van der Waals surface area contributed by atoms with Crippen LogP contribution in [0.3, 0.4) is 0 Å². The van der Waals surface area contributed by atoms with Gasteiger partial charge in [0.2, 0.25) is 0 Å². The second-order valence-corrected chi connectivity index (χ2v) is 3.96. The van der Waals surface area contributed by atoms with Crippen LogP contribution >= 0.6 is 0 Å². The third-order valence-electron chi connectivity index (χ3n) is 2.93. The molecule has 4 N–H and O–H groups in total. The topological polar surface area (TPSA) is 86.8 Å². The zero-order chi connectivity index (χ0) is 10.7. The highest BCUT2D eigenvalue weighted by molar-refractivity contribution is 5.73. The predicted octanol–water partition coefficient (Wildman–Crippen LogP) is -0.899. The van der Waals surface area contributed by atoms with Crippen LogP contribution in [0.25, 0.3) is 0 Å². The number of carboxylic acids is 1. The molecule has 0 bridgehead atoms. The normalized spacial score (nSPS) is 30.5. The Morgan fingerprint density at radius 2 is 2.36 bits per heavy atom. The van der Waals surface area contributed by atoms with Gasteiger partial charge in [0.25, 0.3) is 0 Å². The molecule has 1 aliphatic rings. The van der Waals surface area contributed by atoms with E-state index in [2.05, 4.69) is 6.92 Å². The van der Waals surface area contributed by atoms with Crippen LogP contribution in [-0.4, -0.2) is 52.9 Å². The van der Waals surface area contributed by atoms with Crippen LogP contribution in [0, 0.1) is 5.92 Å². The maximum atomic E-state index is 10.5. The number of aliphatic hydroxyl groups excluding tert-OH is 1. The lowest BCUT2D eigenvalue weighted by molar-refractivity contribution is -0.139. The van der Waals surface area contributed by atoms with Crippen LogP contribution in [0.5, 0.6) is 0 Å². The van der Waals surface area contributed by atoms with Gasteiger partial charge in [0.05, 0.1) is 6.61 Å². The summed E-state index contributed by atoms with van der Waals surface area (Å²) < 4.78 is 0. The lowest BCUT2D eigenvalue weighted by Gasteiger charge is -2.26. The van der Waals surface area contributed by atoms with Crippen LogP contribution in [0.1, 0.15) is 13.3 Å². The molecule has 0 spiro atoms. The van der Waals surface area contributed by atoms with E-state index in [1.54, 1.807) is 0 Å². The highest BCUT2D eigenvalue weighted by Crippen LogP contribution is 2.23. The van der Waals surface area contributed by atoms with Gasteiger partial charge in [0.1, 0.15) is 6.04 Å². The molecule has 0 radical (unpaired) electrons. The number of nitrogens with zero attached hydrogens (tertiary/aromatic N) is 1. The third kappa shape index (κ3) is 2.43. The van der Waals surface area contributed by atoms with Gasteiger partial charge >= 0.3 is 5.97 Å². The molecule has 14 heavy (non-hydrogen) atoms. The smallest absolute Gasteiger partial charge is 0.321 e. The summed E-state index contributed by atoms with van der Waals surface area (Å²) in [5.74, 6) is -0.567. The number of likely N-dealkylation sites (tertiary alicyclic amines) is 1. The van der Waals surface area contributed by atoms with Crippen LogP contribution in [-0.2, 0) is 4.79 Å². The van der Waals surface area contributed by atoms with Crippen molar-refractivity contribution in [2.45, 2.75) is 25.4 Å². The van der Waals surface area contributed by atoms with Gasteiger partial charge in [-0.05, 0) is 18.9 Å². The Bertz CT molecular complexity index is 210. The van der Waals surface area contributed by atoms with E-state index in [9.17, 15) is 4.79 Å². The van der Waals surface area contributed by atoms with Gasteiger partial charge in [0.15, 0.2) is 0 Å². The summed E-state index contributed by atoms with van der Waals surface area (Å²) in [6, 6.07) is -0.783. The van der Waals surface area contributed by atoms with E-state index in [0.29, 0.717) is 12.5 Å². The van der Waals surface area contributed by atoms with E-state index in [0.717, 1.165) is 13.0 Å². The number of hydrogen-bond donors (Lipinski definition) is 3. The fourth-order valence-corrected chi connectivity index (χ4v) is 1.94. The van der Waals surface area contributed by atoms with E-state index in [1.807, 2.05) is 4.90 Å². The predicted molar refractivity (Wildman–Crippen MR) is 51.8 cm³/mol. The molecule has 0 aromatic heterocycles. The van der Waals surface area contributed by atoms with E-state index in [-0.39, 0.29) is 12.6 Å². The van der Waals surface area contributed by atoms with Gasteiger partial charge in [-0.15, -0.1) is 0 Å². The molecular weight excluding hydrogens is 184 g/mol. The number of hydrogen-bond acceptors (Lipinski definition) is 4. The monoisotopic (exact) mass is 202 g/mol. The molecule has 0 saturated carbocycles. The van der Waals surface area contributed by atoms with Crippen molar-refractivity contribution in [1.29, 1.82) is 0 Å². The zero-order valence-electron chi connectivity index (χ0n) is 8.39. The van der Waals surface area contributed by atoms with E-state index in [1.165, 1.54) is 0 Å². The van der Waals surface area contributed by atoms with Gasteiger partial charge < -0.3 is 15.9 Å². The Labute approximate surface area is 83.5 Å². The zero-order valence-corrected chi connectivity index (χ0v) is 8.39. The molecule has 0 amide bonds. The van der Waals surface area contributed by atoms with Gasteiger partial charge in [0, 0.05) is 12.6 Å². The van der Waals surface area contributed by atoms with Crippen LogP contribution < -0.4 is 5.73 Å². The number of nitrogens with two attached hydrogens (primary N) is 1. The Balaban J connectivity index is 2.48. The first kappa shape index (κ1) is 11.4. The molecule has 5 heteroatoms. The summed E-state index contributed by atoms with van der Waals surface area (Å²) >= 11 is 0. The molecule has 0 aliphatic carbocycles. The summed E-state index contributed by atoms with van der Waals surface area (Å²) in [6.45, 7) is 3.29. The summed E-state index contributed by atoms with van der Waals surface area (Å²) in [6.07, 6.45) is 0.998. The van der Waals surface area contributed by atoms with Gasteiger partial charge in [-0.3, -0.25) is 9.69 Å². The maximum Gasteiger partial charge on any atom is 0.321 e. The van der Waals surface area contributed by atoms with Crippen molar-refractivity contribution >= 4 is 5.97 Å². The second-order valence-electron chi connectivity index (χ2n) is 3.96. The van der Waals surface area contributed by atoms with E-state index < -0.39 is 12.0 Å². The summed E-state index contributed by atoms with van der Waals surface area (Å²) in [7, 11) is 0. The maximum absolute atomic E-state index is 10.5. The van der Waals surface area contributed by atoms with Crippen molar-refractivity contribution in [3.8, 4) is 0 Å². The average molecular weight is 202 g/mol. The average Bonchev–Trinajstić information content (AvgIpc) is 2.46. The first-order valence-corrected chi connectivity index (χ1v) is 4.89. The quantitative estimate of drug-likeness (QED) is 0.550. The largest absolute Gasteiger partial charge is 0.480 e. The van der Waals surface area contributed by atoms with Gasteiger partial charge in [-0.2, -0.15) is 0 Å². The minimum Gasteiger partial charge on any atom is -0.480 e. The minimum absolute atomic E-state index is 0.0698. The highest BCUT2D eigenvalue weighted by atomic mass is 16.4. The minimum atomic E-state index is -0.985. The van der Waals surface area contributed by atoms with Crippen molar-refractivity contribution in [1.82, 2.24) is 4.90 Å². The SMILES string of the molecule is CC1CCN(CC(N)C(=O)O)C1CO. The molecule has 1 aliphatic heterocycles. The molecule has 1 rings (SSSR count). The first-order valence-electron chi connectivity index (χ1n) is 4.89. The van der Waals surface area contributed by atoms with Crippen LogP contribution in [0.4, 0.5) is 0 Å². The molecule has 1 heterocycles. The third-order valence-corrected chi connectivity index (χ3v) is 2.93. The fraction of sp³-hybridized carbons (Fsp3) is 0.889. The number of carboxylic acid groups (broad SMARTS) is 1. The van der Waals surface area contributed by atoms with Crippen molar-refractivity contribution in [2.24, 2.45) is 11.7 Å². The summed E-state index contributed by atoms with van der Waals surface area (Å²) in [4.78, 5) is 12.5. The molecule has 3 atom stereocenters. The van der Waals surface area contributed by atoms with Crippen LogP contribution in [0.2, 0.25) is 0 Å². The molecule has 1 fully saturated rings. The lowest BCUT2D eigenvalue weighted by atomic mass is 10.0. The lowest BCUT2D eigenvalue weighted by Crippen LogP contribution is -2.46. The molecule has 0 aromatic rings. The molecular formula is C9H18N2O3. The van der Waals surface area contributed by atoms with Crippen LogP contribution in [0.15, 0.2) is 0 Å². The van der Waals surface area contributed by atoms with Crippen molar-refractivity contribution in [3.63, 3.8) is 0 Å². The number of rotatable bonds is 4. The molecule has 5 nitrogen and oxygen atoms in total. The molecule has 3 unspecified atom stereocenters. The second kappa shape index (κ2) is 4.72. The molecule has 0 aromatic carbocycles. The number of aliphatic carboxylic acids is 1. The summed E-state index contributed by atoms with van der Waals surface area (Å²) in [5.41, 5.74) is 5.44. The van der Waals surface area contributed by atoms with Crippen molar-refractivity contribution in [2.75, 3.05) is 19.7 Å². The van der Waals surface area contributed by atoms with Gasteiger partial charge in [-0.25, -0.2) is 0 Å². The number of carbonyl (C=O) groups is 1. The standard InChI is InChI=1S/C9H18N2O3/c1-6-2-3-11(8(6)5-12)4-7(10)9(13)14/h6-8,12H,2-5,10H2,1H3,(H,13,14). The van der Waals surface area contributed by atoms with E-state index >= 15 is 0 Å². The van der Waals surface area contributed by atoms with Crippen molar-refractivity contribution < 1.29 is 15.0 Å². The Kier molecular flexibility index (Phi) is 3.86. The Hall–Kier alpha value is -0.650. The first-order chi connectivity index (χ1) is 6.56. The fourth-order valence-electron chi connectivity index (χ4n) is 1.94. The van der Waals surface area contributed by atoms with Gasteiger partial charge in [-0.1, -0.05) is 6.92 Å². The van der Waals surface area contributed by atoms with Crippen molar-refractivity contribution in [3.05, 3.63) is 0 Å². The van der Waals surface area contributed by atoms with E-state index in [4.69, 9.17) is 15.9 Å². The molecule has 82 valence electrons. The summed E-state index contributed by atoms with van der Waals surface area (Å²) in [5, 5.41) is 17.8. The number of aliphatic hydroxyl groups is 1.